The standard InChI is InChI=1S/C18H17ClN4O3/c1-11(24)20-14-9-12(7-8-13(14)19)21-17(25)10-23-16-6-4-3-5-15(16)22(2)18(23)26/h3-9H,10H2,1-2H3,(H,20,24)(H,21,25). The average molecular weight is 373 g/mol. The van der Waals surface area contributed by atoms with Crippen LogP contribution >= 0.6 is 11.6 Å². The number of fused-ring (bicyclic) bond motifs is 1. The van der Waals surface area contributed by atoms with E-state index in [4.69, 9.17) is 11.6 Å². The lowest BCUT2D eigenvalue weighted by Crippen LogP contribution is -2.28. The Morgan fingerprint density at radius 1 is 1.08 bits per heavy atom. The first-order valence-corrected chi connectivity index (χ1v) is 8.26. The predicted molar refractivity (Wildman–Crippen MR) is 102 cm³/mol. The number of nitrogens with one attached hydrogen (secondary N) is 2. The Balaban J connectivity index is 1.83. The summed E-state index contributed by atoms with van der Waals surface area (Å²) in [7, 11) is 1.66. The third kappa shape index (κ3) is 3.48. The molecule has 0 unspecified atom stereocenters. The summed E-state index contributed by atoms with van der Waals surface area (Å²) in [5.74, 6) is -0.628. The van der Waals surface area contributed by atoms with Gasteiger partial charge >= 0.3 is 5.69 Å². The number of para-hydroxylation sites is 2. The maximum Gasteiger partial charge on any atom is 0.329 e. The van der Waals surface area contributed by atoms with Gasteiger partial charge < -0.3 is 10.6 Å². The van der Waals surface area contributed by atoms with Crippen LogP contribution in [0.4, 0.5) is 11.4 Å². The summed E-state index contributed by atoms with van der Waals surface area (Å²) in [5.41, 5.74) is 2.04. The number of hydrogen-bond donors (Lipinski definition) is 2. The molecule has 134 valence electrons. The highest BCUT2D eigenvalue weighted by atomic mass is 35.5. The Bertz CT molecular complexity index is 1070. The molecule has 8 heteroatoms. The molecule has 3 rings (SSSR count). The molecule has 0 bridgehead atoms. The summed E-state index contributed by atoms with van der Waals surface area (Å²) in [6, 6.07) is 12.0. The maximum absolute atomic E-state index is 12.4. The SMILES string of the molecule is CC(=O)Nc1cc(NC(=O)Cn2c(=O)n(C)c3ccccc32)ccc1Cl. The number of aryl methyl sites for hydroxylation is 1. The lowest BCUT2D eigenvalue weighted by Gasteiger charge is -2.10. The molecule has 0 radical (unpaired) electrons. The zero-order valence-corrected chi connectivity index (χ0v) is 15.0. The molecule has 0 fully saturated rings. The Morgan fingerprint density at radius 2 is 1.77 bits per heavy atom. The second-order valence-electron chi connectivity index (χ2n) is 5.84. The summed E-state index contributed by atoms with van der Waals surface area (Å²) in [6.45, 7) is 1.24. The van der Waals surface area contributed by atoms with Crippen molar-refractivity contribution in [3.8, 4) is 0 Å². The molecule has 2 amide bonds. The maximum atomic E-state index is 12.4. The highest BCUT2D eigenvalue weighted by molar-refractivity contribution is 6.33. The Hall–Kier alpha value is -3.06. The number of imidazole rings is 1. The number of anilines is 2. The number of carbonyl (C=O) groups is 2. The van der Waals surface area contributed by atoms with Crippen molar-refractivity contribution in [1.29, 1.82) is 0 Å². The molecular weight excluding hydrogens is 356 g/mol. The number of halogens is 1. The fourth-order valence-corrected chi connectivity index (χ4v) is 2.91. The minimum atomic E-state index is -0.362. The van der Waals surface area contributed by atoms with Crippen molar-refractivity contribution in [2.45, 2.75) is 13.5 Å². The molecule has 0 aliphatic heterocycles. The third-order valence-electron chi connectivity index (χ3n) is 3.91. The topological polar surface area (TPSA) is 85.1 Å². The van der Waals surface area contributed by atoms with E-state index in [-0.39, 0.29) is 24.0 Å². The highest BCUT2D eigenvalue weighted by Gasteiger charge is 2.14. The molecule has 0 atom stereocenters. The van der Waals surface area contributed by atoms with Crippen molar-refractivity contribution in [3.63, 3.8) is 0 Å². The van der Waals surface area contributed by atoms with Crippen molar-refractivity contribution >= 4 is 45.8 Å². The minimum absolute atomic E-state index is 0.127. The first-order valence-electron chi connectivity index (χ1n) is 7.88. The van der Waals surface area contributed by atoms with E-state index in [1.54, 1.807) is 31.3 Å². The van der Waals surface area contributed by atoms with Gasteiger partial charge in [-0.15, -0.1) is 0 Å². The van der Waals surface area contributed by atoms with Crippen molar-refractivity contribution in [3.05, 3.63) is 58.0 Å². The summed E-state index contributed by atoms with van der Waals surface area (Å²) >= 11 is 6.02. The van der Waals surface area contributed by atoms with Gasteiger partial charge in [0.15, 0.2) is 0 Å². The van der Waals surface area contributed by atoms with Gasteiger partial charge in [-0.1, -0.05) is 23.7 Å². The molecule has 2 aromatic carbocycles. The molecule has 3 aromatic rings. The van der Waals surface area contributed by atoms with Crippen LogP contribution < -0.4 is 16.3 Å². The Kier molecular flexibility index (Phi) is 4.81. The van der Waals surface area contributed by atoms with Gasteiger partial charge in [0.25, 0.3) is 0 Å². The first kappa shape index (κ1) is 17.8. The molecule has 26 heavy (non-hydrogen) atoms. The molecule has 1 aromatic heterocycles. The summed E-state index contributed by atoms with van der Waals surface area (Å²) in [5, 5.41) is 5.67. The molecule has 1 heterocycles. The van der Waals surface area contributed by atoms with Crippen molar-refractivity contribution in [2.24, 2.45) is 7.05 Å². The van der Waals surface area contributed by atoms with Crippen LogP contribution in [0.25, 0.3) is 11.0 Å². The predicted octanol–water partition coefficient (Wildman–Crippen LogP) is 2.59. The van der Waals surface area contributed by atoms with Crippen LogP contribution in [0.5, 0.6) is 0 Å². The van der Waals surface area contributed by atoms with E-state index < -0.39 is 0 Å². The van der Waals surface area contributed by atoms with Gasteiger partial charge in [0, 0.05) is 19.7 Å². The molecule has 0 saturated carbocycles. The molecule has 0 spiro atoms. The second kappa shape index (κ2) is 7.05. The average Bonchev–Trinajstić information content (AvgIpc) is 2.83. The number of amides is 2. The molecule has 0 aliphatic rings. The molecule has 0 aliphatic carbocycles. The van der Waals surface area contributed by atoms with Crippen LogP contribution in [0, 0.1) is 0 Å². The number of carbonyl (C=O) groups excluding carboxylic acids is 2. The normalized spacial score (nSPS) is 10.7. The van der Waals surface area contributed by atoms with Gasteiger partial charge in [-0.2, -0.15) is 0 Å². The summed E-state index contributed by atoms with van der Waals surface area (Å²) < 4.78 is 2.91. The van der Waals surface area contributed by atoms with E-state index in [2.05, 4.69) is 10.6 Å². The van der Waals surface area contributed by atoms with Gasteiger partial charge in [-0.05, 0) is 30.3 Å². The largest absolute Gasteiger partial charge is 0.329 e. The monoisotopic (exact) mass is 372 g/mol. The van der Waals surface area contributed by atoms with Crippen LogP contribution in [0.1, 0.15) is 6.92 Å². The van der Waals surface area contributed by atoms with Crippen molar-refractivity contribution in [2.75, 3.05) is 10.6 Å². The smallest absolute Gasteiger partial charge is 0.325 e. The van der Waals surface area contributed by atoms with Crippen LogP contribution in [0.2, 0.25) is 5.02 Å². The quantitative estimate of drug-likeness (QED) is 0.738. The molecular formula is C18H17ClN4O3. The van der Waals surface area contributed by atoms with Crippen molar-refractivity contribution in [1.82, 2.24) is 9.13 Å². The van der Waals surface area contributed by atoms with Crippen molar-refractivity contribution < 1.29 is 9.59 Å². The Labute approximate surface area is 154 Å². The van der Waals surface area contributed by atoms with Gasteiger partial charge in [-0.25, -0.2) is 4.79 Å². The van der Waals surface area contributed by atoms with Crippen LogP contribution in [0.15, 0.2) is 47.3 Å². The Morgan fingerprint density at radius 3 is 2.46 bits per heavy atom. The molecule has 0 saturated heterocycles. The van der Waals surface area contributed by atoms with Gasteiger partial charge in [0.2, 0.25) is 11.8 Å². The summed E-state index contributed by atoms with van der Waals surface area (Å²) in [6.07, 6.45) is 0. The van der Waals surface area contributed by atoms with Crippen LogP contribution in [-0.4, -0.2) is 20.9 Å². The van der Waals surface area contributed by atoms with E-state index in [1.807, 2.05) is 18.2 Å². The van der Waals surface area contributed by atoms with E-state index in [1.165, 1.54) is 16.1 Å². The molecule has 2 N–H and O–H groups in total. The number of aromatic nitrogens is 2. The number of nitrogens with zero attached hydrogens (tertiary/aromatic N) is 2. The summed E-state index contributed by atoms with van der Waals surface area (Å²) in [4.78, 5) is 36.0. The lowest BCUT2D eigenvalue weighted by atomic mass is 10.2. The fraction of sp³-hybridized carbons (Fsp3) is 0.167. The molecule has 7 nitrogen and oxygen atoms in total. The number of hydrogen-bond acceptors (Lipinski definition) is 3. The van der Waals surface area contributed by atoms with E-state index in [0.29, 0.717) is 21.9 Å². The highest BCUT2D eigenvalue weighted by Crippen LogP contribution is 2.25. The van der Waals surface area contributed by atoms with E-state index >= 15 is 0 Å². The van der Waals surface area contributed by atoms with Crippen LogP contribution in [0.3, 0.4) is 0 Å². The van der Waals surface area contributed by atoms with E-state index in [9.17, 15) is 14.4 Å². The second-order valence-corrected chi connectivity index (χ2v) is 6.25. The number of benzene rings is 2. The zero-order chi connectivity index (χ0) is 18.8. The lowest BCUT2D eigenvalue weighted by molar-refractivity contribution is -0.117. The third-order valence-corrected chi connectivity index (χ3v) is 4.24. The van der Waals surface area contributed by atoms with Gasteiger partial charge in [0.1, 0.15) is 6.54 Å². The minimum Gasteiger partial charge on any atom is -0.325 e. The zero-order valence-electron chi connectivity index (χ0n) is 14.2. The van der Waals surface area contributed by atoms with E-state index in [0.717, 1.165) is 5.52 Å². The van der Waals surface area contributed by atoms with Gasteiger partial charge in [0.05, 0.1) is 21.7 Å². The van der Waals surface area contributed by atoms with Gasteiger partial charge in [-0.3, -0.25) is 18.7 Å². The number of rotatable bonds is 4. The first-order chi connectivity index (χ1) is 12.4. The van der Waals surface area contributed by atoms with Crippen LogP contribution in [-0.2, 0) is 23.2 Å². The fourth-order valence-electron chi connectivity index (χ4n) is 2.75.